The molecule has 10 heteroatoms. The highest BCUT2D eigenvalue weighted by atomic mass is 127. The van der Waals surface area contributed by atoms with E-state index in [-0.39, 0.29) is 12.2 Å². The number of hydrogen-bond donors (Lipinski definition) is 0. The Labute approximate surface area is 287 Å². The number of esters is 1. The van der Waals surface area contributed by atoms with Gasteiger partial charge in [-0.1, -0.05) is 61.6 Å². The van der Waals surface area contributed by atoms with Crippen LogP contribution in [0.15, 0.2) is 81.7 Å². The van der Waals surface area contributed by atoms with E-state index >= 15 is 0 Å². The van der Waals surface area contributed by atoms with Crippen LogP contribution in [-0.4, -0.2) is 24.3 Å². The van der Waals surface area contributed by atoms with Crippen molar-refractivity contribution in [2.45, 2.75) is 46.3 Å². The summed E-state index contributed by atoms with van der Waals surface area (Å²) in [4.78, 5) is 32.5. The van der Waals surface area contributed by atoms with Crippen LogP contribution in [-0.2, 0) is 16.1 Å². The summed E-state index contributed by atoms with van der Waals surface area (Å²) in [6.45, 7) is 8.45. The van der Waals surface area contributed by atoms with E-state index in [0.29, 0.717) is 44.6 Å². The monoisotopic (exact) mass is 834 g/mol. The molecule has 0 N–H and O–H groups in total. The van der Waals surface area contributed by atoms with Gasteiger partial charge in [-0.2, -0.15) is 0 Å². The molecule has 2 heterocycles. The van der Waals surface area contributed by atoms with Gasteiger partial charge < -0.3 is 14.2 Å². The Balaban J connectivity index is 1.57. The van der Waals surface area contributed by atoms with Gasteiger partial charge in [-0.15, -0.1) is 0 Å². The average molecular weight is 835 g/mol. The van der Waals surface area contributed by atoms with Crippen molar-refractivity contribution in [2.75, 3.05) is 13.7 Å². The average Bonchev–Trinajstić information content (AvgIpc) is 3.30. The molecule has 4 aromatic rings. The molecule has 0 aliphatic carbocycles. The highest BCUT2D eigenvalue weighted by Crippen LogP contribution is 2.35. The molecule has 0 spiro atoms. The number of halogens is 2. The third-order valence-electron chi connectivity index (χ3n) is 7.28. The number of aromatic nitrogens is 1. The van der Waals surface area contributed by atoms with Crippen molar-refractivity contribution in [3.63, 3.8) is 0 Å². The van der Waals surface area contributed by atoms with Crippen LogP contribution < -0.4 is 24.4 Å². The second kappa shape index (κ2) is 14.0. The van der Waals surface area contributed by atoms with Crippen LogP contribution in [0.5, 0.6) is 11.5 Å². The first-order valence-corrected chi connectivity index (χ1v) is 17.1. The van der Waals surface area contributed by atoms with E-state index in [9.17, 15) is 9.59 Å². The lowest BCUT2D eigenvalue weighted by molar-refractivity contribution is -0.139. The van der Waals surface area contributed by atoms with Crippen molar-refractivity contribution in [1.82, 2.24) is 4.57 Å². The largest absolute Gasteiger partial charge is 0.493 e. The molecule has 44 heavy (non-hydrogen) atoms. The van der Waals surface area contributed by atoms with Gasteiger partial charge in [0.2, 0.25) is 0 Å². The normalized spacial score (nSPS) is 14.8. The van der Waals surface area contributed by atoms with Crippen LogP contribution in [0.3, 0.4) is 0 Å². The van der Waals surface area contributed by atoms with E-state index in [4.69, 9.17) is 19.2 Å². The first-order chi connectivity index (χ1) is 21.1. The van der Waals surface area contributed by atoms with E-state index in [2.05, 4.69) is 59.0 Å². The molecule has 1 aliphatic rings. The van der Waals surface area contributed by atoms with E-state index in [0.717, 1.165) is 23.8 Å². The van der Waals surface area contributed by atoms with Gasteiger partial charge in [-0.25, -0.2) is 9.79 Å². The lowest BCUT2D eigenvalue weighted by Crippen LogP contribution is -2.39. The van der Waals surface area contributed by atoms with Gasteiger partial charge in [0, 0.05) is 3.57 Å². The van der Waals surface area contributed by atoms with Gasteiger partial charge in [0.25, 0.3) is 5.56 Å². The van der Waals surface area contributed by atoms with Gasteiger partial charge in [-0.3, -0.25) is 9.36 Å². The molecule has 5 rings (SSSR count). The zero-order valence-corrected chi connectivity index (χ0v) is 30.2. The second-order valence-electron chi connectivity index (χ2n) is 10.6. The predicted molar refractivity (Wildman–Crippen MR) is 190 cm³/mol. The highest BCUT2D eigenvalue weighted by Gasteiger charge is 2.33. The standard InChI is InChI=1S/C34H32I2N2O5S/c1-6-42-33(40)29-20(4)37-34-38(30(29)24-11-9-23(10-12-24)19(2)3)32(39)28(44-34)17-22-15-26(36)31(27(16-22)41-5)43-18-21-7-13-25(35)14-8-21/h7-17,19,30H,6,18H2,1-5H3/b28-17+. The number of hydrogen-bond acceptors (Lipinski definition) is 7. The summed E-state index contributed by atoms with van der Waals surface area (Å²) in [6.07, 6.45) is 1.83. The van der Waals surface area contributed by atoms with Crippen LogP contribution in [0, 0.1) is 7.14 Å². The number of allylic oxidation sites excluding steroid dienone is 1. The lowest BCUT2D eigenvalue weighted by Gasteiger charge is -2.25. The summed E-state index contributed by atoms with van der Waals surface area (Å²) < 4.78 is 21.4. The first-order valence-electron chi connectivity index (χ1n) is 14.2. The van der Waals surface area contributed by atoms with Gasteiger partial charge in [0.1, 0.15) is 6.61 Å². The zero-order chi connectivity index (χ0) is 31.5. The quantitative estimate of drug-likeness (QED) is 0.138. The van der Waals surface area contributed by atoms with Gasteiger partial charge >= 0.3 is 5.97 Å². The van der Waals surface area contributed by atoms with E-state index in [1.165, 1.54) is 16.9 Å². The number of nitrogens with zero attached hydrogens (tertiary/aromatic N) is 2. The van der Waals surface area contributed by atoms with Crippen molar-refractivity contribution in [2.24, 2.45) is 4.99 Å². The van der Waals surface area contributed by atoms with Crippen molar-refractivity contribution < 1.29 is 19.0 Å². The number of benzene rings is 3. The first kappa shape index (κ1) is 32.4. The minimum atomic E-state index is -0.652. The molecular formula is C34H32I2N2O5S. The minimum Gasteiger partial charge on any atom is -0.493 e. The molecule has 0 saturated heterocycles. The van der Waals surface area contributed by atoms with Gasteiger partial charge in [0.05, 0.1) is 39.1 Å². The number of carbonyl (C=O) groups is 1. The Morgan fingerprint density at radius 1 is 1.09 bits per heavy atom. The molecule has 0 bridgehead atoms. The SMILES string of the molecule is CCOC(=O)C1=C(C)N=c2s/c(=C/c3cc(I)c(OCc4ccc(I)cc4)c(OC)c3)c(=O)n2C1c1ccc(C(C)C)cc1. The van der Waals surface area contributed by atoms with Crippen LogP contribution in [0.2, 0.25) is 0 Å². The third kappa shape index (κ3) is 6.81. The maximum atomic E-state index is 14.0. The van der Waals surface area contributed by atoms with Gasteiger partial charge in [0.15, 0.2) is 16.3 Å². The molecule has 228 valence electrons. The topological polar surface area (TPSA) is 79.1 Å². The van der Waals surface area contributed by atoms with E-state index in [1.807, 2.05) is 66.7 Å². The van der Waals surface area contributed by atoms with Crippen LogP contribution >= 0.6 is 56.5 Å². The summed E-state index contributed by atoms with van der Waals surface area (Å²) in [6, 6.07) is 19.4. The number of ether oxygens (including phenoxy) is 3. The molecule has 1 unspecified atom stereocenters. The molecule has 1 aliphatic heterocycles. The van der Waals surface area contributed by atoms with Crippen LogP contribution in [0.25, 0.3) is 6.08 Å². The van der Waals surface area contributed by atoms with Crippen molar-refractivity contribution in [3.05, 3.63) is 121 Å². The number of methoxy groups -OCH3 is 1. The summed E-state index contributed by atoms with van der Waals surface area (Å²) in [5.74, 6) is 1.10. The summed E-state index contributed by atoms with van der Waals surface area (Å²) in [5, 5.41) is 0. The number of rotatable bonds is 9. The maximum absolute atomic E-state index is 14.0. The summed E-state index contributed by atoms with van der Waals surface area (Å²) >= 11 is 5.80. The number of fused-ring (bicyclic) bond motifs is 1. The van der Waals surface area contributed by atoms with E-state index in [1.54, 1.807) is 25.5 Å². The molecular weight excluding hydrogens is 802 g/mol. The molecule has 1 aromatic heterocycles. The van der Waals surface area contributed by atoms with Crippen molar-refractivity contribution in [1.29, 1.82) is 0 Å². The fraction of sp³-hybridized carbons (Fsp3) is 0.265. The Hall–Kier alpha value is -2.97. The smallest absolute Gasteiger partial charge is 0.338 e. The molecule has 1 atom stereocenters. The Kier molecular flexibility index (Phi) is 10.3. The molecule has 0 radical (unpaired) electrons. The third-order valence-corrected chi connectivity index (χ3v) is 9.79. The highest BCUT2D eigenvalue weighted by molar-refractivity contribution is 14.1. The van der Waals surface area contributed by atoms with Crippen LogP contribution in [0.4, 0.5) is 0 Å². The summed E-state index contributed by atoms with van der Waals surface area (Å²) in [7, 11) is 1.60. The van der Waals surface area contributed by atoms with E-state index < -0.39 is 12.0 Å². The Morgan fingerprint density at radius 2 is 1.80 bits per heavy atom. The molecule has 7 nitrogen and oxygen atoms in total. The van der Waals surface area contributed by atoms with Gasteiger partial charge in [-0.05, 0) is 118 Å². The Morgan fingerprint density at radius 3 is 2.43 bits per heavy atom. The summed E-state index contributed by atoms with van der Waals surface area (Å²) in [5.41, 5.74) is 4.53. The molecule has 0 fully saturated rings. The second-order valence-corrected chi connectivity index (χ2v) is 14.0. The van der Waals surface area contributed by atoms with Crippen LogP contribution in [0.1, 0.15) is 61.9 Å². The Bertz CT molecular complexity index is 1910. The number of thiazole rings is 1. The lowest BCUT2D eigenvalue weighted by atomic mass is 9.93. The predicted octanol–water partition coefficient (Wildman–Crippen LogP) is 6.72. The number of carbonyl (C=O) groups excluding carboxylic acids is 1. The maximum Gasteiger partial charge on any atom is 0.338 e. The zero-order valence-electron chi connectivity index (χ0n) is 25.0. The van der Waals surface area contributed by atoms with Crippen molar-refractivity contribution in [3.8, 4) is 11.5 Å². The minimum absolute atomic E-state index is 0.226. The fourth-order valence-electron chi connectivity index (χ4n) is 5.02. The molecule has 3 aromatic carbocycles. The molecule has 0 amide bonds. The van der Waals surface area contributed by atoms with Crippen molar-refractivity contribution >= 4 is 68.6 Å². The molecule has 0 saturated carbocycles. The fourth-order valence-corrected chi connectivity index (χ4v) is 7.21.